The highest BCUT2D eigenvalue weighted by molar-refractivity contribution is 5.89. The van der Waals surface area contributed by atoms with Crippen LogP contribution in [0.4, 0.5) is 5.69 Å². The van der Waals surface area contributed by atoms with Gasteiger partial charge < -0.3 is 23.8 Å². The van der Waals surface area contributed by atoms with Gasteiger partial charge in [0, 0.05) is 19.3 Å². The molecule has 9 heteroatoms. The van der Waals surface area contributed by atoms with E-state index in [1.165, 1.54) is 21.3 Å². The fourth-order valence-corrected chi connectivity index (χ4v) is 5.69. The smallest absolute Gasteiger partial charge is 0.369 e. The second-order valence-electron chi connectivity index (χ2n) is 9.14. The highest BCUT2D eigenvalue weighted by Crippen LogP contribution is 2.60. The number of rotatable bonds is 7. The van der Waals surface area contributed by atoms with Crippen molar-refractivity contribution < 1.29 is 33.4 Å². The zero-order valence-electron chi connectivity index (χ0n) is 21.7. The molecule has 9 nitrogen and oxygen atoms in total. The summed E-state index contributed by atoms with van der Waals surface area (Å²) in [5, 5.41) is 1.70. The molecule has 0 aromatic heterocycles. The number of carbonyl (C=O) groups excluding carboxylic acids is 2. The summed E-state index contributed by atoms with van der Waals surface area (Å²) < 4.78 is 21.5. The van der Waals surface area contributed by atoms with Gasteiger partial charge in [-0.2, -0.15) is 0 Å². The highest BCUT2D eigenvalue weighted by atomic mass is 16.8. The van der Waals surface area contributed by atoms with Crippen molar-refractivity contribution in [2.24, 2.45) is 5.92 Å². The average Bonchev–Trinajstić information content (AvgIpc) is 3.47. The lowest BCUT2D eigenvalue weighted by molar-refractivity contribution is -0.309. The van der Waals surface area contributed by atoms with E-state index in [0.29, 0.717) is 0 Å². The van der Waals surface area contributed by atoms with Crippen LogP contribution >= 0.6 is 0 Å². The van der Waals surface area contributed by atoms with Gasteiger partial charge >= 0.3 is 17.7 Å². The molecule has 3 aromatic rings. The number of esters is 2. The third-order valence-electron chi connectivity index (χ3n) is 7.40. The summed E-state index contributed by atoms with van der Waals surface area (Å²) in [7, 11) is 5.46. The predicted molar refractivity (Wildman–Crippen MR) is 138 cm³/mol. The molecule has 0 radical (unpaired) electrons. The molecule has 198 valence electrons. The third-order valence-corrected chi connectivity index (χ3v) is 7.40. The first-order valence-corrected chi connectivity index (χ1v) is 12.2. The fourth-order valence-electron chi connectivity index (χ4n) is 5.69. The molecule has 2 heterocycles. The molecular weight excluding hydrogens is 488 g/mol. The van der Waals surface area contributed by atoms with Crippen molar-refractivity contribution in [1.29, 1.82) is 0 Å². The third kappa shape index (κ3) is 3.74. The first-order chi connectivity index (χ1) is 18.5. The van der Waals surface area contributed by atoms with Crippen LogP contribution in [-0.4, -0.2) is 57.8 Å². The van der Waals surface area contributed by atoms with Crippen molar-refractivity contribution >= 4 is 17.6 Å². The lowest BCUT2D eigenvalue weighted by Gasteiger charge is -2.35. The van der Waals surface area contributed by atoms with Gasteiger partial charge in [0.1, 0.15) is 17.5 Å². The Morgan fingerprint density at radius 1 is 0.842 bits per heavy atom. The standard InChI is InChI=1S/C29H30N2O7/c1-34-23-17-15-22(16-18-23)30-19-28(21-13-9-6-10-14-21)24(26(32)35-2)29(37-4,27(33)36-3)38-31(28)25(30)20-11-7-5-8-12-20/h5-18,24-25H,19H2,1-4H3/t24-,25-,28-,29?/m0/s1. The van der Waals surface area contributed by atoms with Crippen LogP contribution in [0.2, 0.25) is 0 Å². The van der Waals surface area contributed by atoms with Gasteiger partial charge in [-0.05, 0) is 35.4 Å². The Morgan fingerprint density at radius 3 is 2.03 bits per heavy atom. The van der Waals surface area contributed by atoms with E-state index in [4.69, 9.17) is 23.8 Å². The van der Waals surface area contributed by atoms with Crippen molar-refractivity contribution in [3.8, 4) is 5.75 Å². The fraction of sp³-hybridized carbons (Fsp3) is 0.310. The van der Waals surface area contributed by atoms with E-state index < -0.39 is 35.3 Å². The SMILES string of the molecule is COC(=O)[C@@H]1C(OC)(C(=O)OC)ON2[C@@H](c3ccccc3)N(c3ccc(OC)cc3)C[C@]12c1ccccc1. The summed E-state index contributed by atoms with van der Waals surface area (Å²) in [6.45, 7) is 0.269. The first kappa shape index (κ1) is 25.7. The number of carbonyl (C=O) groups is 2. The van der Waals surface area contributed by atoms with Crippen LogP contribution in [0.25, 0.3) is 0 Å². The van der Waals surface area contributed by atoms with E-state index in [2.05, 4.69) is 4.90 Å². The average molecular weight is 519 g/mol. The summed E-state index contributed by atoms with van der Waals surface area (Å²) in [5.41, 5.74) is 1.33. The lowest BCUT2D eigenvalue weighted by Crippen LogP contribution is -2.56. The molecular formula is C29H30N2O7. The monoisotopic (exact) mass is 518 g/mol. The number of hydroxylamine groups is 2. The number of hydrogen-bond acceptors (Lipinski definition) is 9. The Morgan fingerprint density at radius 2 is 1.47 bits per heavy atom. The van der Waals surface area contributed by atoms with Crippen LogP contribution in [0.15, 0.2) is 84.9 Å². The minimum absolute atomic E-state index is 0.269. The van der Waals surface area contributed by atoms with Gasteiger partial charge in [0.25, 0.3) is 0 Å². The summed E-state index contributed by atoms with van der Waals surface area (Å²) in [6.07, 6.45) is -0.543. The van der Waals surface area contributed by atoms with E-state index in [1.807, 2.05) is 84.9 Å². The lowest BCUT2D eigenvalue weighted by atomic mass is 9.74. The quantitative estimate of drug-likeness (QED) is 0.435. The minimum atomic E-state index is -2.07. The van der Waals surface area contributed by atoms with Gasteiger partial charge in [0.05, 0.1) is 21.3 Å². The second-order valence-corrected chi connectivity index (χ2v) is 9.14. The molecule has 5 rings (SSSR count). The van der Waals surface area contributed by atoms with Crippen LogP contribution in [0.3, 0.4) is 0 Å². The largest absolute Gasteiger partial charge is 0.497 e. The number of anilines is 1. The Balaban J connectivity index is 1.79. The summed E-state index contributed by atoms with van der Waals surface area (Å²) >= 11 is 0. The molecule has 0 spiro atoms. The van der Waals surface area contributed by atoms with E-state index in [9.17, 15) is 9.59 Å². The molecule has 0 N–H and O–H groups in total. The van der Waals surface area contributed by atoms with Crippen LogP contribution in [0, 0.1) is 5.92 Å². The first-order valence-electron chi connectivity index (χ1n) is 12.2. The van der Waals surface area contributed by atoms with Gasteiger partial charge in [-0.25, -0.2) is 9.63 Å². The predicted octanol–water partition coefficient (Wildman–Crippen LogP) is 3.66. The van der Waals surface area contributed by atoms with Crippen LogP contribution in [-0.2, 0) is 34.2 Å². The van der Waals surface area contributed by atoms with Crippen LogP contribution in [0.5, 0.6) is 5.75 Å². The van der Waals surface area contributed by atoms with Crippen molar-refractivity contribution in [2.75, 3.05) is 39.9 Å². The zero-order chi connectivity index (χ0) is 26.9. The van der Waals surface area contributed by atoms with Crippen LogP contribution in [0.1, 0.15) is 17.3 Å². The maximum Gasteiger partial charge on any atom is 0.369 e. The zero-order valence-corrected chi connectivity index (χ0v) is 21.7. The summed E-state index contributed by atoms with van der Waals surface area (Å²) in [6, 6.07) is 26.9. The molecule has 0 saturated carbocycles. The highest BCUT2D eigenvalue weighted by Gasteiger charge is 2.76. The van der Waals surface area contributed by atoms with Crippen molar-refractivity contribution in [3.05, 3.63) is 96.1 Å². The van der Waals surface area contributed by atoms with Gasteiger partial charge in [0.15, 0.2) is 5.92 Å². The van der Waals surface area contributed by atoms with Crippen molar-refractivity contribution in [1.82, 2.24) is 5.06 Å². The Labute approximate surface area is 221 Å². The van der Waals surface area contributed by atoms with E-state index in [0.717, 1.165) is 22.6 Å². The molecule has 0 bridgehead atoms. The summed E-state index contributed by atoms with van der Waals surface area (Å²) in [4.78, 5) is 35.6. The normalized spacial score (nSPS) is 26.6. The number of hydrogen-bond donors (Lipinski definition) is 0. The molecule has 38 heavy (non-hydrogen) atoms. The number of ether oxygens (including phenoxy) is 4. The molecule has 2 aliphatic heterocycles. The Kier molecular flexibility index (Phi) is 6.83. The summed E-state index contributed by atoms with van der Waals surface area (Å²) in [5.74, 6) is -4.07. The van der Waals surface area contributed by atoms with Gasteiger partial charge in [-0.1, -0.05) is 60.7 Å². The van der Waals surface area contributed by atoms with E-state index in [1.54, 1.807) is 12.2 Å². The molecule has 0 aliphatic carbocycles. The van der Waals surface area contributed by atoms with Crippen LogP contribution < -0.4 is 9.64 Å². The molecule has 2 aliphatic rings. The Bertz CT molecular complexity index is 1290. The van der Waals surface area contributed by atoms with Crippen molar-refractivity contribution in [3.63, 3.8) is 0 Å². The number of methoxy groups -OCH3 is 4. The van der Waals surface area contributed by atoms with Gasteiger partial charge in [-0.15, -0.1) is 5.06 Å². The molecule has 2 fully saturated rings. The molecule has 4 atom stereocenters. The second kappa shape index (κ2) is 10.1. The number of nitrogens with zero attached hydrogens (tertiary/aromatic N) is 2. The van der Waals surface area contributed by atoms with Crippen molar-refractivity contribution in [2.45, 2.75) is 17.5 Å². The van der Waals surface area contributed by atoms with E-state index >= 15 is 0 Å². The maximum atomic E-state index is 13.6. The number of benzene rings is 3. The maximum absolute atomic E-state index is 13.6. The topological polar surface area (TPSA) is 86.8 Å². The van der Waals surface area contributed by atoms with Gasteiger partial charge in [-0.3, -0.25) is 4.79 Å². The minimum Gasteiger partial charge on any atom is -0.497 e. The molecule has 3 aromatic carbocycles. The molecule has 2 saturated heterocycles. The number of fused-ring (bicyclic) bond motifs is 1. The van der Waals surface area contributed by atoms with E-state index in [-0.39, 0.29) is 6.54 Å². The molecule has 1 unspecified atom stereocenters. The Hall–Kier alpha value is -3.92. The van der Waals surface area contributed by atoms with Gasteiger partial charge in [0.2, 0.25) is 0 Å². The molecule has 0 amide bonds.